The number of hydrogen-bond donors (Lipinski definition) is 1. The number of para-hydroxylation sites is 1. The lowest BCUT2D eigenvalue weighted by Crippen LogP contribution is -2.55. The molecule has 1 aliphatic heterocycles. The summed E-state index contributed by atoms with van der Waals surface area (Å²) in [5.41, 5.74) is 4.58. The Kier molecular flexibility index (Phi) is 4.20. The Morgan fingerprint density at radius 3 is 2.79 bits per heavy atom. The largest absolute Gasteiger partial charge is 0.379 e. The van der Waals surface area contributed by atoms with E-state index in [1.54, 1.807) is 19.2 Å². The SMILES string of the molecule is CO[C@H]1CN(C(=O)Cc2ccc(F)cc2)[C@H]2Cc3c([nH]c4ccccc34)[C@@H]1C2. The summed E-state index contributed by atoms with van der Waals surface area (Å²) in [7, 11) is 1.73. The van der Waals surface area contributed by atoms with Crippen LogP contribution in [0.4, 0.5) is 4.39 Å². The molecule has 5 heteroatoms. The molecular weight excluding hydrogens is 355 g/mol. The molecule has 5 rings (SSSR count). The molecule has 1 N–H and O–H groups in total. The lowest BCUT2D eigenvalue weighted by Gasteiger charge is -2.46. The van der Waals surface area contributed by atoms with Crippen molar-refractivity contribution in [2.45, 2.75) is 37.3 Å². The van der Waals surface area contributed by atoms with E-state index in [2.05, 4.69) is 23.2 Å². The fraction of sp³-hybridized carbons (Fsp3) is 0.348. The third-order valence-corrected chi connectivity index (χ3v) is 6.34. The van der Waals surface area contributed by atoms with E-state index in [0.717, 1.165) is 23.9 Å². The Bertz CT molecular complexity index is 1030. The van der Waals surface area contributed by atoms with Crippen LogP contribution in [-0.2, 0) is 22.4 Å². The van der Waals surface area contributed by atoms with Crippen molar-refractivity contribution in [3.63, 3.8) is 0 Å². The predicted octanol–water partition coefficient (Wildman–Crippen LogP) is 3.81. The van der Waals surface area contributed by atoms with Gasteiger partial charge in [-0.05, 0) is 42.2 Å². The van der Waals surface area contributed by atoms with Crippen molar-refractivity contribution in [3.8, 4) is 0 Å². The highest BCUT2D eigenvalue weighted by atomic mass is 19.1. The van der Waals surface area contributed by atoms with Crippen molar-refractivity contribution in [2.24, 2.45) is 0 Å². The van der Waals surface area contributed by atoms with Crippen molar-refractivity contribution < 1.29 is 13.9 Å². The topological polar surface area (TPSA) is 45.3 Å². The molecule has 1 saturated heterocycles. The number of likely N-dealkylation sites (tertiary alicyclic amines) is 1. The number of H-pyrrole nitrogens is 1. The van der Waals surface area contributed by atoms with Crippen LogP contribution in [0.15, 0.2) is 48.5 Å². The summed E-state index contributed by atoms with van der Waals surface area (Å²) in [5, 5.41) is 1.25. The highest BCUT2D eigenvalue weighted by molar-refractivity contribution is 5.86. The Hall–Kier alpha value is -2.66. The lowest BCUT2D eigenvalue weighted by atomic mass is 9.76. The molecule has 0 saturated carbocycles. The van der Waals surface area contributed by atoms with Crippen molar-refractivity contribution in [1.82, 2.24) is 9.88 Å². The fourth-order valence-electron chi connectivity index (χ4n) is 4.96. The Morgan fingerprint density at radius 1 is 1.21 bits per heavy atom. The maximum Gasteiger partial charge on any atom is 0.227 e. The summed E-state index contributed by atoms with van der Waals surface area (Å²) in [4.78, 5) is 18.7. The molecule has 1 fully saturated rings. The van der Waals surface area contributed by atoms with Crippen LogP contribution in [0.2, 0.25) is 0 Å². The van der Waals surface area contributed by atoms with Crippen molar-refractivity contribution in [3.05, 3.63) is 71.2 Å². The average Bonchev–Trinajstić information content (AvgIpc) is 3.09. The molecule has 3 atom stereocenters. The minimum atomic E-state index is -0.282. The van der Waals surface area contributed by atoms with Gasteiger partial charge in [0.2, 0.25) is 5.91 Å². The summed E-state index contributed by atoms with van der Waals surface area (Å²) in [5.74, 6) is 0.0806. The number of piperidine rings is 1. The summed E-state index contributed by atoms with van der Waals surface area (Å²) in [6, 6.07) is 14.7. The van der Waals surface area contributed by atoms with E-state index in [4.69, 9.17) is 4.74 Å². The van der Waals surface area contributed by atoms with Crippen LogP contribution >= 0.6 is 0 Å². The van der Waals surface area contributed by atoms with Crippen LogP contribution < -0.4 is 0 Å². The normalized spacial score (nSPS) is 23.6. The number of hydrogen-bond acceptors (Lipinski definition) is 2. The minimum absolute atomic E-state index is 0.0273. The van der Waals surface area contributed by atoms with Crippen molar-refractivity contribution in [2.75, 3.05) is 13.7 Å². The van der Waals surface area contributed by atoms with Crippen LogP contribution in [0.5, 0.6) is 0 Å². The molecule has 0 unspecified atom stereocenters. The maximum absolute atomic E-state index is 13.2. The van der Waals surface area contributed by atoms with E-state index in [9.17, 15) is 9.18 Å². The second-order valence-electron chi connectivity index (χ2n) is 7.89. The summed E-state index contributed by atoms with van der Waals surface area (Å²) < 4.78 is 19.0. The van der Waals surface area contributed by atoms with E-state index in [0.29, 0.717) is 13.0 Å². The van der Waals surface area contributed by atoms with Gasteiger partial charge in [-0.3, -0.25) is 4.79 Å². The first-order valence-corrected chi connectivity index (χ1v) is 9.80. The summed E-state index contributed by atoms with van der Waals surface area (Å²) >= 11 is 0. The van der Waals surface area contributed by atoms with Gasteiger partial charge in [0.15, 0.2) is 0 Å². The molecule has 0 radical (unpaired) electrons. The van der Waals surface area contributed by atoms with Gasteiger partial charge in [0.05, 0.1) is 12.5 Å². The van der Waals surface area contributed by atoms with Crippen LogP contribution in [0.25, 0.3) is 10.9 Å². The second-order valence-corrected chi connectivity index (χ2v) is 7.89. The van der Waals surface area contributed by atoms with Crippen LogP contribution in [0.3, 0.4) is 0 Å². The van der Waals surface area contributed by atoms with Gasteiger partial charge in [-0.15, -0.1) is 0 Å². The number of carbonyl (C=O) groups excluding carboxylic acids is 1. The number of carbonyl (C=O) groups is 1. The van der Waals surface area contributed by atoms with Gasteiger partial charge in [0.25, 0.3) is 0 Å². The molecule has 1 aliphatic carbocycles. The van der Waals surface area contributed by atoms with Crippen molar-refractivity contribution >= 4 is 16.8 Å². The zero-order valence-corrected chi connectivity index (χ0v) is 15.8. The maximum atomic E-state index is 13.2. The summed E-state index contributed by atoms with van der Waals surface area (Å²) in [6.45, 7) is 0.598. The number of methoxy groups -OCH3 is 1. The predicted molar refractivity (Wildman–Crippen MR) is 106 cm³/mol. The number of ether oxygens (including phenoxy) is 1. The van der Waals surface area contributed by atoms with Crippen LogP contribution in [-0.4, -0.2) is 41.6 Å². The number of aromatic nitrogens is 1. The Balaban J connectivity index is 1.46. The number of rotatable bonds is 3. The smallest absolute Gasteiger partial charge is 0.227 e. The van der Waals surface area contributed by atoms with Gasteiger partial charge in [-0.1, -0.05) is 30.3 Å². The fourth-order valence-corrected chi connectivity index (χ4v) is 4.96. The third-order valence-electron chi connectivity index (χ3n) is 6.34. The molecule has 2 heterocycles. The number of nitrogens with zero attached hydrogens (tertiary/aromatic N) is 1. The third kappa shape index (κ3) is 2.81. The van der Waals surface area contributed by atoms with Crippen molar-refractivity contribution in [1.29, 1.82) is 0 Å². The highest BCUT2D eigenvalue weighted by Gasteiger charge is 2.44. The van der Waals surface area contributed by atoms with Gasteiger partial charge in [-0.2, -0.15) is 0 Å². The first-order valence-electron chi connectivity index (χ1n) is 9.80. The number of halogens is 1. The minimum Gasteiger partial charge on any atom is -0.379 e. The Labute approximate surface area is 163 Å². The summed E-state index contributed by atoms with van der Waals surface area (Å²) in [6.07, 6.45) is 2.04. The van der Waals surface area contributed by atoms with E-state index in [1.807, 2.05) is 11.0 Å². The highest BCUT2D eigenvalue weighted by Crippen LogP contribution is 2.43. The molecule has 3 aromatic rings. The van der Waals surface area contributed by atoms with E-state index < -0.39 is 0 Å². The molecule has 0 spiro atoms. The first kappa shape index (κ1) is 17.4. The molecule has 2 aromatic carbocycles. The molecule has 2 bridgehead atoms. The number of benzene rings is 2. The number of aromatic amines is 1. The standard InChI is InChI=1S/C23H23FN2O2/c1-28-21-13-26(22(27)10-14-6-8-15(24)9-7-14)16-11-18-17-4-2-3-5-20(17)25-23(18)19(21)12-16/h2-9,16,19,21,25H,10-13H2,1H3/t16-,19+,21-/m0/s1. The van der Waals surface area contributed by atoms with Gasteiger partial charge in [0.1, 0.15) is 5.82 Å². The monoisotopic (exact) mass is 378 g/mol. The molecule has 28 heavy (non-hydrogen) atoms. The van der Waals surface area contributed by atoms with E-state index in [1.165, 1.54) is 28.8 Å². The number of amides is 1. The van der Waals surface area contributed by atoms with Gasteiger partial charge >= 0.3 is 0 Å². The van der Waals surface area contributed by atoms with Gasteiger partial charge < -0.3 is 14.6 Å². The average molecular weight is 378 g/mol. The molecule has 2 aliphatic rings. The number of nitrogens with one attached hydrogen (secondary N) is 1. The molecule has 1 aromatic heterocycles. The molecule has 1 amide bonds. The zero-order valence-electron chi connectivity index (χ0n) is 15.8. The van der Waals surface area contributed by atoms with Gasteiger partial charge in [0, 0.05) is 42.2 Å². The first-order chi connectivity index (χ1) is 13.6. The second kappa shape index (κ2) is 6.74. The lowest BCUT2D eigenvalue weighted by molar-refractivity contribution is -0.139. The number of fused-ring (bicyclic) bond motifs is 6. The Morgan fingerprint density at radius 2 is 2.00 bits per heavy atom. The van der Waals surface area contributed by atoms with Gasteiger partial charge in [-0.25, -0.2) is 4.39 Å². The van der Waals surface area contributed by atoms with E-state index in [-0.39, 0.29) is 29.8 Å². The molecular formula is C23H23FN2O2. The molecule has 144 valence electrons. The zero-order chi connectivity index (χ0) is 19.3. The van der Waals surface area contributed by atoms with E-state index >= 15 is 0 Å². The van der Waals surface area contributed by atoms with Crippen LogP contribution in [0.1, 0.15) is 29.2 Å². The molecule has 4 nitrogen and oxygen atoms in total. The quantitative estimate of drug-likeness (QED) is 0.753. The van der Waals surface area contributed by atoms with Crippen LogP contribution in [0, 0.1) is 5.82 Å².